The Labute approximate surface area is 527 Å². The Morgan fingerprint density at radius 2 is 1.03 bits per heavy atom. The molecule has 0 amide bonds. The number of fused-ring (bicyclic) bond motifs is 5. The number of morpholine rings is 1. The lowest BCUT2D eigenvalue weighted by Crippen LogP contribution is -2.43. The third kappa shape index (κ3) is 13.2. The zero-order chi connectivity index (χ0) is 66.0. The summed E-state index contributed by atoms with van der Waals surface area (Å²) in [6, 6.07) is 10.8. The van der Waals surface area contributed by atoms with Gasteiger partial charge in [0.2, 0.25) is 0 Å². The number of nitrogen functional groups attached to an aromatic ring is 3. The average molecular weight is 1300 g/mol. The molecular weight excluding hydrogens is 1210 g/mol. The third-order valence-electron chi connectivity index (χ3n) is 20.2. The van der Waals surface area contributed by atoms with Crippen molar-refractivity contribution >= 4 is 17.5 Å². The fourth-order valence-electron chi connectivity index (χ4n) is 16.0. The van der Waals surface area contributed by atoms with E-state index in [2.05, 4.69) is 57.4 Å². The molecule has 8 heterocycles. The lowest BCUT2D eigenvalue weighted by molar-refractivity contribution is -0.137. The van der Waals surface area contributed by atoms with Crippen molar-refractivity contribution in [2.75, 3.05) is 43.6 Å². The molecule has 0 spiro atoms. The highest BCUT2D eigenvalue weighted by Gasteiger charge is 2.64. The lowest BCUT2D eigenvalue weighted by Gasteiger charge is -2.33. The highest BCUT2D eigenvalue weighted by atomic mass is 19.4. The van der Waals surface area contributed by atoms with Crippen LogP contribution in [0.25, 0.3) is 33.8 Å². The van der Waals surface area contributed by atoms with Crippen molar-refractivity contribution in [1.82, 2.24) is 49.2 Å². The van der Waals surface area contributed by atoms with E-state index in [1.54, 1.807) is 19.9 Å². The van der Waals surface area contributed by atoms with Crippen LogP contribution in [0.1, 0.15) is 171 Å². The molecule has 2 bridgehead atoms. The van der Waals surface area contributed by atoms with E-state index in [1.165, 1.54) is 43.9 Å². The standard InChI is InChI=1S/C23H28F3N5O.C22H30F2N4O3.C20H24F4N4O/c1-11(2)31-20(7-19(29-31)12-3-18(23(24,25)26)22(27)28-8-12)21-16-5-13(6-17(16)21)30-9-15-4-14(30)10-32-15;1-11(2)28-17(19-14-6-13(7-15(14)19)30-10-22(3,4)29)8-16(27-28)12-5-18(31-21(23)24)20(25)26-9-12;1-10(2)28-16(17-12-7-19(21,3-4-29)8-13(12)17)6-15(27-28)11-5-14(20(22,23)24)18(25)26-9-11/h3,7-8,11,13-17,21H,4-6,9-10H2,1-2H3,(H2,27,28);5,8-9,11,13-15,19,21,29H,6-7,10H2,1-4H3,(H2,25,26);5-6,9-10,12-13,17,29H,3-4,7-8H2,1-2H3,(H2,25,26)/t13?,14-,15-,16-,17+,21?;13?,14-,15+,19?;12-,13+,17?,19?/m0../s1. The van der Waals surface area contributed by atoms with Crippen molar-refractivity contribution in [3.05, 3.63) is 83.2 Å². The van der Waals surface area contributed by atoms with Crippen molar-refractivity contribution in [2.24, 2.45) is 35.5 Å². The number of nitrogens with two attached hydrogens (primary N) is 3. The molecule has 6 saturated carbocycles. The molecule has 0 aromatic carbocycles. The highest BCUT2D eigenvalue weighted by Crippen LogP contribution is 2.68. The maximum atomic E-state index is 14.7. The zero-order valence-electron chi connectivity index (χ0n) is 52.7. The van der Waals surface area contributed by atoms with Crippen molar-refractivity contribution < 1.29 is 63.9 Å². The highest BCUT2D eigenvalue weighted by molar-refractivity contribution is 5.66. The van der Waals surface area contributed by atoms with E-state index >= 15 is 0 Å². The first kappa shape index (κ1) is 65.5. The zero-order valence-corrected chi connectivity index (χ0v) is 52.7. The first-order valence-corrected chi connectivity index (χ1v) is 31.9. The maximum absolute atomic E-state index is 14.7. The van der Waals surface area contributed by atoms with E-state index in [4.69, 9.17) is 42.0 Å². The molecule has 8 N–H and O–H groups in total. The largest absolute Gasteiger partial charge is 0.431 e. The number of ether oxygens (including phenoxy) is 3. The van der Waals surface area contributed by atoms with Crippen LogP contribution in [0.4, 0.5) is 57.0 Å². The molecule has 8 fully saturated rings. The second kappa shape index (κ2) is 24.3. The Morgan fingerprint density at radius 1 is 0.609 bits per heavy atom. The molecule has 18 nitrogen and oxygen atoms in total. The van der Waals surface area contributed by atoms with Crippen LogP contribution in [0, 0.1) is 35.5 Å². The summed E-state index contributed by atoms with van der Waals surface area (Å²) in [5.41, 5.74) is 18.5. The number of aliphatic hydroxyl groups is 2. The Hall–Kier alpha value is -6.55. The molecule has 92 heavy (non-hydrogen) atoms. The van der Waals surface area contributed by atoms with Crippen molar-refractivity contribution in [1.29, 1.82) is 0 Å². The van der Waals surface area contributed by atoms with Gasteiger partial charge in [-0.25, -0.2) is 19.3 Å². The molecule has 6 aromatic heterocycles. The predicted molar refractivity (Wildman–Crippen MR) is 324 cm³/mol. The van der Waals surface area contributed by atoms with Gasteiger partial charge in [0.25, 0.3) is 0 Å². The fraction of sp³-hybridized carbons (Fsp3) is 0.631. The van der Waals surface area contributed by atoms with Gasteiger partial charge in [-0.05, 0) is 172 Å². The number of likely N-dealkylation sites (tertiary alicyclic amines) is 1. The summed E-state index contributed by atoms with van der Waals surface area (Å²) in [5, 5.41) is 32.9. The monoisotopic (exact) mass is 1300 g/mol. The van der Waals surface area contributed by atoms with Gasteiger partial charge in [-0.3, -0.25) is 18.9 Å². The summed E-state index contributed by atoms with van der Waals surface area (Å²) in [5.74, 6) is 2.40. The lowest BCUT2D eigenvalue weighted by atomic mass is 9.92. The van der Waals surface area contributed by atoms with Crippen LogP contribution in [0.3, 0.4) is 0 Å². The summed E-state index contributed by atoms with van der Waals surface area (Å²) < 4.78 is 141. The number of aliphatic hydroxyl groups excluding tert-OH is 1. The van der Waals surface area contributed by atoms with Gasteiger partial charge in [0, 0.05) is 120 Å². The number of rotatable bonds is 17. The van der Waals surface area contributed by atoms with Gasteiger partial charge in [0.15, 0.2) is 11.6 Å². The second-order valence-corrected chi connectivity index (χ2v) is 28.3. The second-order valence-electron chi connectivity index (χ2n) is 28.3. The number of aromatic nitrogens is 9. The van der Waals surface area contributed by atoms with E-state index in [1.807, 2.05) is 40.0 Å². The molecule has 27 heteroatoms. The van der Waals surface area contributed by atoms with E-state index in [9.17, 15) is 44.6 Å². The smallest absolute Gasteiger partial charge is 0.419 e. The number of hydrogen-bond acceptors (Lipinski definition) is 15. The number of nitrogens with zero attached hydrogens (tertiary/aromatic N) is 10. The van der Waals surface area contributed by atoms with Crippen LogP contribution < -0.4 is 21.9 Å². The van der Waals surface area contributed by atoms with Gasteiger partial charge in [0.1, 0.15) is 17.3 Å². The van der Waals surface area contributed by atoms with Gasteiger partial charge in [-0.2, -0.15) is 50.4 Å². The fourth-order valence-corrected chi connectivity index (χ4v) is 16.0. The number of anilines is 3. The first-order chi connectivity index (χ1) is 43.3. The summed E-state index contributed by atoms with van der Waals surface area (Å²) in [6.45, 7) is 14.8. The Balaban J connectivity index is 0.000000133. The quantitative estimate of drug-likeness (QED) is 0.0534. The Bertz CT molecular complexity index is 3620. The third-order valence-corrected chi connectivity index (χ3v) is 20.2. The Morgan fingerprint density at radius 3 is 1.41 bits per heavy atom. The summed E-state index contributed by atoms with van der Waals surface area (Å²) in [7, 11) is 0. The summed E-state index contributed by atoms with van der Waals surface area (Å²) >= 11 is 0. The molecule has 2 saturated heterocycles. The molecule has 6 unspecified atom stereocenters. The minimum atomic E-state index is -4.60. The van der Waals surface area contributed by atoms with Crippen LogP contribution in [-0.2, 0) is 21.8 Å². The number of hydrogen-bond donors (Lipinski definition) is 5. The van der Waals surface area contributed by atoms with Gasteiger partial charge >= 0.3 is 19.0 Å². The summed E-state index contributed by atoms with van der Waals surface area (Å²) in [6.07, 6.45) is 2.14. The van der Waals surface area contributed by atoms with E-state index in [-0.39, 0.29) is 72.1 Å². The van der Waals surface area contributed by atoms with Crippen LogP contribution in [0.5, 0.6) is 5.75 Å². The van der Waals surface area contributed by atoms with Crippen LogP contribution in [-0.4, -0.2) is 128 Å². The topological polar surface area (TPSA) is 242 Å². The molecule has 6 aromatic rings. The van der Waals surface area contributed by atoms with Gasteiger partial charge in [-0.1, -0.05) is 0 Å². The molecule has 0 radical (unpaired) electrons. The molecule has 14 rings (SSSR count). The number of halogens is 9. The molecule has 6 aliphatic carbocycles. The van der Waals surface area contributed by atoms with Crippen molar-refractivity contribution in [3.63, 3.8) is 0 Å². The first-order valence-electron chi connectivity index (χ1n) is 31.9. The van der Waals surface area contributed by atoms with Gasteiger partial charge in [0.05, 0.1) is 59.2 Å². The molecule has 500 valence electrons. The normalized spacial score (nSPS) is 29.4. The van der Waals surface area contributed by atoms with E-state index in [0.717, 1.165) is 55.2 Å². The van der Waals surface area contributed by atoms with Gasteiger partial charge < -0.3 is 41.6 Å². The van der Waals surface area contributed by atoms with Crippen molar-refractivity contribution in [3.8, 4) is 39.5 Å². The number of pyridine rings is 3. The van der Waals surface area contributed by atoms with Gasteiger partial charge in [-0.15, -0.1) is 0 Å². The average Bonchev–Trinajstić information content (AvgIpc) is 1.58. The van der Waals surface area contributed by atoms with E-state index in [0.29, 0.717) is 101 Å². The minimum absolute atomic E-state index is 0.0106. The molecule has 14 atom stereocenters. The minimum Gasteiger partial charge on any atom is -0.431 e. The Kier molecular flexibility index (Phi) is 17.3. The predicted octanol–water partition coefficient (Wildman–Crippen LogP) is 12.4. The van der Waals surface area contributed by atoms with Crippen molar-refractivity contribution in [2.45, 2.75) is 197 Å². The van der Waals surface area contributed by atoms with Crippen LogP contribution in [0.2, 0.25) is 0 Å². The number of alkyl halides is 9. The van der Waals surface area contributed by atoms with Crippen LogP contribution >= 0.6 is 0 Å². The molecular formula is C65H82F9N13O5. The summed E-state index contributed by atoms with van der Waals surface area (Å²) in [4.78, 5) is 14.1. The van der Waals surface area contributed by atoms with Crippen LogP contribution in [0.15, 0.2) is 55.0 Å². The molecule has 8 aliphatic rings. The van der Waals surface area contributed by atoms with E-state index < -0.39 is 53.0 Å². The SMILES string of the molecule is CC(C)n1nc(-c2cnc(N)c(C(F)(F)F)c2)cc1C1[C@H]2CC(F)(CCO)C[C@@H]12.CC(C)n1nc(-c2cnc(N)c(C(F)(F)F)c2)cc1C1[C@H]2CC(N3C[C@@H]4C[C@H]3CO4)C[C@@H]12.CC(C)n1nc(-c2cnc(N)c(OC(F)F)c2)cc1C1[C@H]2CC(OCC(C)(C)O)C[C@@H]12. The maximum Gasteiger partial charge on any atom is 0.419 e. The molecule has 2 aliphatic heterocycles.